The molecule has 5 nitrogen and oxygen atoms in total. The first kappa shape index (κ1) is 17.5. The second kappa shape index (κ2) is 7.37. The van der Waals surface area contributed by atoms with Crippen molar-refractivity contribution in [3.63, 3.8) is 0 Å². The Kier molecular flexibility index (Phi) is 4.77. The fraction of sp³-hybridized carbons (Fsp3) is 0.190. The third kappa shape index (κ3) is 3.78. The first-order valence-corrected chi connectivity index (χ1v) is 9.19. The molecule has 0 unspecified atom stereocenters. The quantitative estimate of drug-likeness (QED) is 0.740. The zero-order valence-corrected chi connectivity index (χ0v) is 15.7. The summed E-state index contributed by atoms with van der Waals surface area (Å²) in [5.41, 5.74) is 4.69. The number of fused-ring (bicyclic) bond motifs is 1. The number of nitrogens with one attached hydrogen (secondary N) is 1. The smallest absolute Gasteiger partial charge is 0.258 e. The Hall–Kier alpha value is -2.92. The molecule has 2 heterocycles. The van der Waals surface area contributed by atoms with E-state index in [1.807, 2.05) is 25.1 Å². The molecule has 136 valence electrons. The summed E-state index contributed by atoms with van der Waals surface area (Å²) >= 11 is 6.10. The van der Waals surface area contributed by atoms with Crippen LogP contribution in [0.25, 0.3) is 0 Å². The summed E-state index contributed by atoms with van der Waals surface area (Å²) in [6.45, 7) is 3.56. The molecule has 1 aliphatic heterocycles. The average Bonchev–Trinajstić information content (AvgIpc) is 2.70. The van der Waals surface area contributed by atoms with Gasteiger partial charge in [0.1, 0.15) is 0 Å². The second-order valence-corrected chi connectivity index (χ2v) is 7.04. The molecule has 2 aromatic carbocycles. The van der Waals surface area contributed by atoms with Crippen LogP contribution in [0.2, 0.25) is 5.02 Å². The number of carbonyl (C=O) groups is 1. The number of hydrogen-bond donors (Lipinski definition) is 1. The molecule has 0 bridgehead atoms. The van der Waals surface area contributed by atoms with Crippen LogP contribution in [0.1, 0.15) is 27.0 Å². The Morgan fingerprint density at radius 1 is 1.11 bits per heavy atom. The van der Waals surface area contributed by atoms with Crippen molar-refractivity contribution in [1.29, 1.82) is 0 Å². The van der Waals surface area contributed by atoms with E-state index in [-0.39, 0.29) is 5.91 Å². The predicted octanol–water partition coefficient (Wildman–Crippen LogP) is 4.25. The number of hydrogen-bond acceptors (Lipinski definition) is 4. The number of carbonyl (C=O) groups excluding carboxylic acids is 1. The van der Waals surface area contributed by atoms with E-state index in [4.69, 9.17) is 11.6 Å². The lowest BCUT2D eigenvalue weighted by atomic mass is 10.0. The summed E-state index contributed by atoms with van der Waals surface area (Å²) in [4.78, 5) is 23.3. The van der Waals surface area contributed by atoms with Gasteiger partial charge in [0, 0.05) is 36.2 Å². The molecule has 0 atom stereocenters. The van der Waals surface area contributed by atoms with Gasteiger partial charge in [-0.05, 0) is 42.2 Å². The Balaban J connectivity index is 1.46. The largest absolute Gasteiger partial charge is 0.336 e. The number of anilines is 2. The zero-order chi connectivity index (χ0) is 18.8. The molecule has 3 aromatic rings. The number of aromatic nitrogens is 2. The third-order valence-corrected chi connectivity index (χ3v) is 5.15. The average molecular weight is 379 g/mol. The highest BCUT2D eigenvalue weighted by atomic mass is 35.5. The number of rotatable bonds is 3. The third-order valence-electron chi connectivity index (χ3n) is 4.74. The van der Waals surface area contributed by atoms with Gasteiger partial charge in [0.15, 0.2) is 0 Å². The van der Waals surface area contributed by atoms with Crippen molar-refractivity contribution < 1.29 is 4.79 Å². The van der Waals surface area contributed by atoms with E-state index < -0.39 is 0 Å². The summed E-state index contributed by atoms with van der Waals surface area (Å²) in [5.74, 6) is 0.380. The van der Waals surface area contributed by atoms with Crippen LogP contribution in [0, 0.1) is 6.92 Å². The number of nitrogens with zero attached hydrogens (tertiary/aromatic N) is 3. The first-order valence-electron chi connectivity index (χ1n) is 8.81. The SMILES string of the molecule is Cc1ccc(NC(=O)c2cnc(N3CCc4ccccc4C3)nc2)cc1Cl. The Morgan fingerprint density at radius 2 is 1.85 bits per heavy atom. The number of aryl methyl sites for hydroxylation is 1. The van der Waals surface area contributed by atoms with Crippen LogP contribution in [0.4, 0.5) is 11.6 Å². The van der Waals surface area contributed by atoms with Crippen molar-refractivity contribution in [3.05, 3.63) is 82.1 Å². The zero-order valence-electron chi connectivity index (χ0n) is 14.9. The fourth-order valence-corrected chi connectivity index (χ4v) is 3.32. The van der Waals surface area contributed by atoms with Crippen molar-refractivity contribution in [2.45, 2.75) is 19.9 Å². The summed E-state index contributed by atoms with van der Waals surface area (Å²) in [6, 6.07) is 13.8. The number of benzene rings is 2. The lowest BCUT2D eigenvalue weighted by molar-refractivity contribution is 0.102. The predicted molar refractivity (Wildman–Crippen MR) is 107 cm³/mol. The van der Waals surface area contributed by atoms with Crippen molar-refractivity contribution in [2.75, 3.05) is 16.8 Å². The molecule has 0 radical (unpaired) electrons. The second-order valence-electron chi connectivity index (χ2n) is 6.63. The van der Waals surface area contributed by atoms with E-state index in [2.05, 4.69) is 38.4 Å². The molecule has 0 saturated heterocycles. The monoisotopic (exact) mass is 378 g/mol. The van der Waals surface area contributed by atoms with Crippen molar-refractivity contribution in [2.24, 2.45) is 0 Å². The molecule has 0 saturated carbocycles. The number of halogens is 1. The Bertz CT molecular complexity index is 988. The summed E-state index contributed by atoms with van der Waals surface area (Å²) in [5, 5.41) is 3.44. The minimum atomic E-state index is -0.259. The lowest BCUT2D eigenvalue weighted by Gasteiger charge is -2.28. The maximum atomic E-state index is 12.4. The van der Waals surface area contributed by atoms with Gasteiger partial charge >= 0.3 is 0 Å². The highest BCUT2D eigenvalue weighted by Crippen LogP contribution is 2.22. The molecular weight excluding hydrogens is 360 g/mol. The van der Waals surface area contributed by atoms with Gasteiger partial charge in [-0.2, -0.15) is 0 Å². The number of amides is 1. The van der Waals surface area contributed by atoms with Crippen LogP contribution < -0.4 is 10.2 Å². The molecule has 0 spiro atoms. The molecule has 1 aliphatic rings. The van der Waals surface area contributed by atoms with Crippen LogP contribution in [0.3, 0.4) is 0 Å². The lowest BCUT2D eigenvalue weighted by Crippen LogP contribution is -2.31. The molecule has 27 heavy (non-hydrogen) atoms. The minimum absolute atomic E-state index is 0.259. The molecule has 1 amide bonds. The summed E-state index contributed by atoms with van der Waals surface area (Å²) < 4.78 is 0. The van der Waals surface area contributed by atoms with Crippen LogP contribution in [0.5, 0.6) is 0 Å². The van der Waals surface area contributed by atoms with E-state index >= 15 is 0 Å². The van der Waals surface area contributed by atoms with Crippen LogP contribution in [-0.4, -0.2) is 22.4 Å². The molecule has 4 rings (SSSR count). The van der Waals surface area contributed by atoms with E-state index in [1.54, 1.807) is 18.5 Å². The van der Waals surface area contributed by atoms with Gasteiger partial charge in [-0.3, -0.25) is 4.79 Å². The van der Waals surface area contributed by atoms with E-state index in [9.17, 15) is 4.79 Å². The molecular formula is C21H19ClN4O. The Labute approximate surface area is 163 Å². The molecule has 1 N–H and O–H groups in total. The summed E-state index contributed by atoms with van der Waals surface area (Å²) in [7, 11) is 0. The van der Waals surface area contributed by atoms with Crippen LogP contribution in [-0.2, 0) is 13.0 Å². The van der Waals surface area contributed by atoms with Gasteiger partial charge in [0.05, 0.1) is 5.56 Å². The Morgan fingerprint density at radius 3 is 2.59 bits per heavy atom. The van der Waals surface area contributed by atoms with Gasteiger partial charge in [0.25, 0.3) is 5.91 Å². The topological polar surface area (TPSA) is 58.1 Å². The van der Waals surface area contributed by atoms with Gasteiger partial charge < -0.3 is 10.2 Å². The van der Waals surface area contributed by atoms with Crippen LogP contribution in [0.15, 0.2) is 54.9 Å². The first-order chi connectivity index (χ1) is 13.1. The minimum Gasteiger partial charge on any atom is -0.336 e. The molecule has 1 aromatic heterocycles. The van der Waals surface area contributed by atoms with Crippen molar-refractivity contribution in [3.8, 4) is 0 Å². The van der Waals surface area contributed by atoms with Crippen LogP contribution >= 0.6 is 11.6 Å². The highest BCUT2D eigenvalue weighted by molar-refractivity contribution is 6.31. The van der Waals surface area contributed by atoms with E-state index in [0.717, 1.165) is 25.1 Å². The standard InChI is InChI=1S/C21H19ClN4O/c1-14-6-7-18(10-19(14)22)25-20(27)17-11-23-21(24-12-17)26-9-8-15-4-2-3-5-16(15)13-26/h2-7,10-12H,8-9,13H2,1H3,(H,25,27). The van der Waals surface area contributed by atoms with Crippen molar-refractivity contribution in [1.82, 2.24) is 9.97 Å². The normalized spacial score (nSPS) is 13.2. The van der Waals surface area contributed by atoms with Gasteiger partial charge in [0.2, 0.25) is 5.95 Å². The van der Waals surface area contributed by atoms with E-state index in [0.29, 0.717) is 22.2 Å². The molecule has 6 heteroatoms. The molecule has 0 aliphatic carbocycles. The fourth-order valence-electron chi connectivity index (χ4n) is 3.14. The highest BCUT2D eigenvalue weighted by Gasteiger charge is 2.18. The maximum Gasteiger partial charge on any atom is 0.258 e. The van der Waals surface area contributed by atoms with Gasteiger partial charge in [-0.25, -0.2) is 9.97 Å². The molecule has 0 fully saturated rings. The summed E-state index contributed by atoms with van der Waals surface area (Å²) in [6.07, 6.45) is 4.10. The van der Waals surface area contributed by atoms with E-state index in [1.165, 1.54) is 11.1 Å². The van der Waals surface area contributed by atoms with Gasteiger partial charge in [-0.1, -0.05) is 41.9 Å². The maximum absolute atomic E-state index is 12.4. The van der Waals surface area contributed by atoms with Gasteiger partial charge in [-0.15, -0.1) is 0 Å². The van der Waals surface area contributed by atoms with Crippen molar-refractivity contribution >= 4 is 29.1 Å².